The fraction of sp³-hybridized carbons (Fsp3) is 0.0435. The Bertz CT molecular complexity index is 2360. The van der Waals surface area contributed by atoms with Crippen LogP contribution >= 0.6 is 0 Å². The molecule has 232 valence electrons. The molecule has 8 aromatic rings. The Balaban J connectivity index is 0.000000284. The summed E-state index contributed by atoms with van der Waals surface area (Å²) in [6, 6.07) is 57.9. The zero-order valence-electron chi connectivity index (χ0n) is 27.3. The number of fused-ring (bicyclic) bond motifs is 3. The second kappa shape index (κ2) is 13.3. The predicted molar refractivity (Wildman–Crippen MR) is 207 cm³/mol. The van der Waals surface area contributed by atoms with E-state index in [9.17, 15) is 0 Å². The Morgan fingerprint density at radius 3 is 1.56 bits per heavy atom. The molecule has 0 unspecified atom stereocenters. The number of benzene rings is 8. The smallest absolute Gasteiger partial charge is 0.126 e. The van der Waals surface area contributed by atoms with Crippen LogP contribution in [0.5, 0.6) is 5.75 Å². The summed E-state index contributed by atoms with van der Waals surface area (Å²) in [4.78, 5) is 0. The largest absolute Gasteiger partial charge is 0.496 e. The number of nitrogen functional groups attached to an aromatic ring is 1. The van der Waals surface area contributed by atoms with Gasteiger partial charge in [-0.3, -0.25) is 0 Å². The molecule has 0 amide bonds. The minimum atomic E-state index is 0.779. The summed E-state index contributed by atoms with van der Waals surface area (Å²) >= 11 is 0. The maximum absolute atomic E-state index is 5.94. The minimum Gasteiger partial charge on any atom is -0.496 e. The third-order valence-corrected chi connectivity index (χ3v) is 8.93. The lowest BCUT2D eigenvalue weighted by Gasteiger charge is -2.18. The van der Waals surface area contributed by atoms with E-state index in [1.54, 1.807) is 7.11 Å². The highest BCUT2D eigenvalue weighted by Crippen LogP contribution is 2.44. The molecule has 8 aromatic carbocycles. The second-order valence-electron chi connectivity index (χ2n) is 12.1. The molecule has 0 spiro atoms. The standard InChI is InChI=1S/C36H25N.C10H12O/c37-30-20-18-25(19-21-30)27-10-7-11-28(22-27)35-31-12-3-5-14-33(31)36(34-15-6-4-13-32(34)35)29-17-16-24-8-1-2-9-26(24)23-29;1-8(2)9-6-4-5-7-10(9)11-3/h1-23H,37H2;4-7H,1H2,2-3H3. The van der Waals surface area contributed by atoms with Gasteiger partial charge in [0, 0.05) is 11.3 Å². The van der Waals surface area contributed by atoms with Crippen molar-refractivity contribution in [2.75, 3.05) is 12.8 Å². The molecule has 0 aliphatic heterocycles. The van der Waals surface area contributed by atoms with Gasteiger partial charge in [-0.1, -0.05) is 140 Å². The van der Waals surface area contributed by atoms with Crippen LogP contribution in [0.25, 0.3) is 71.3 Å². The molecule has 2 heteroatoms. The minimum absolute atomic E-state index is 0.779. The van der Waals surface area contributed by atoms with Gasteiger partial charge in [0.25, 0.3) is 0 Å². The Morgan fingerprint density at radius 2 is 0.979 bits per heavy atom. The molecule has 2 nitrogen and oxygen atoms in total. The Kier molecular flexibility index (Phi) is 8.47. The van der Waals surface area contributed by atoms with Crippen LogP contribution in [0, 0.1) is 0 Å². The van der Waals surface area contributed by atoms with Gasteiger partial charge >= 0.3 is 0 Å². The number of ether oxygens (including phenoxy) is 1. The van der Waals surface area contributed by atoms with E-state index in [4.69, 9.17) is 10.5 Å². The van der Waals surface area contributed by atoms with Gasteiger partial charge in [0.1, 0.15) is 5.75 Å². The Morgan fingerprint density at radius 1 is 0.479 bits per heavy atom. The zero-order chi connectivity index (χ0) is 33.0. The summed E-state index contributed by atoms with van der Waals surface area (Å²) in [7, 11) is 1.67. The average molecular weight is 620 g/mol. The van der Waals surface area contributed by atoms with E-state index in [-0.39, 0.29) is 0 Å². The third-order valence-electron chi connectivity index (χ3n) is 8.93. The van der Waals surface area contributed by atoms with E-state index in [1.165, 1.54) is 60.1 Å². The summed E-state index contributed by atoms with van der Waals surface area (Å²) in [6.45, 7) is 5.82. The van der Waals surface area contributed by atoms with Crippen LogP contribution in [-0.4, -0.2) is 7.11 Å². The fourth-order valence-corrected chi connectivity index (χ4v) is 6.62. The van der Waals surface area contributed by atoms with Crippen molar-refractivity contribution < 1.29 is 4.74 Å². The number of allylic oxidation sites excluding steroid dienone is 1. The first-order valence-corrected chi connectivity index (χ1v) is 16.2. The van der Waals surface area contributed by atoms with Gasteiger partial charge in [0.15, 0.2) is 0 Å². The Labute approximate surface area is 282 Å². The normalized spacial score (nSPS) is 10.9. The van der Waals surface area contributed by atoms with E-state index in [0.717, 1.165) is 28.1 Å². The molecular formula is C46H37NO. The lowest BCUT2D eigenvalue weighted by molar-refractivity contribution is 0.413. The summed E-state index contributed by atoms with van der Waals surface area (Å²) in [5.41, 5.74) is 16.2. The van der Waals surface area contributed by atoms with Crippen molar-refractivity contribution in [3.8, 4) is 39.1 Å². The molecular weight excluding hydrogens is 583 g/mol. The van der Waals surface area contributed by atoms with Gasteiger partial charge in [-0.15, -0.1) is 0 Å². The zero-order valence-corrected chi connectivity index (χ0v) is 27.3. The van der Waals surface area contributed by atoms with Crippen molar-refractivity contribution in [3.05, 3.63) is 176 Å². The molecule has 0 aromatic heterocycles. The SMILES string of the molecule is C=C(C)c1ccccc1OC.Nc1ccc(-c2cccc(-c3c4ccccc4c(-c4ccc5ccccc5c4)c4ccccc34)c2)cc1. The Hall–Kier alpha value is -6.12. The molecule has 0 aliphatic carbocycles. The summed E-state index contributed by atoms with van der Waals surface area (Å²) < 4.78 is 5.15. The van der Waals surface area contributed by atoms with E-state index in [0.29, 0.717) is 0 Å². The number of methoxy groups -OCH3 is 1. The second-order valence-corrected chi connectivity index (χ2v) is 12.1. The van der Waals surface area contributed by atoms with E-state index in [2.05, 4.69) is 134 Å². The monoisotopic (exact) mass is 619 g/mol. The molecule has 0 heterocycles. The number of hydrogen-bond donors (Lipinski definition) is 1. The summed E-state index contributed by atoms with van der Waals surface area (Å²) in [5, 5.41) is 7.58. The number of nitrogens with two attached hydrogens (primary N) is 1. The topological polar surface area (TPSA) is 35.2 Å². The first kappa shape index (κ1) is 30.5. The van der Waals surface area contributed by atoms with E-state index in [1.807, 2.05) is 43.3 Å². The van der Waals surface area contributed by atoms with Crippen molar-refractivity contribution in [1.82, 2.24) is 0 Å². The van der Waals surface area contributed by atoms with Crippen LogP contribution in [0.15, 0.2) is 170 Å². The van der Waals surface area contributed by atoms with Crippen molar-refractivity contribution >= 4 is 43.6 Å². The molecule has 0 fully saturated rings. The maximum Gasteiger partial charge on any atom is 0.126 e. The van der Waals surface area contributed by atoms with Gasteiger partial charge in [0.2, 0.25) is 0 Å². The van der Waals surface area contributed by atoms with Crippen LogP contribution in [0.1, 0.15) is 12.5 Å². The molecule has 2 N–H and O–H groups in total. The lowest BCUT2D eigenvalue weighted by Crippen LogP contribution is -1.91. The number of hydrogen-bond acceptors (Lipinski definition) is 2. The molecule has 0 bridgehead atoms. The predicted octanol–water partition coefficient (Wildman–Crippen LogP) is 12.5. The van der Waals surface area contributed by atoms with Gasteiger partial charge in [0.05, 0.1) is 7.11 Å². The molecule has 0 saturated heterocycles. The highest BCUT2D eigenvalue weighted by molar-refractivity contribution is 6.21. The van der Waals surface area contributed by atoms with Gasteiger partial charge in [-0.05, 0) is 109 Å². The van der Waals surface area contributed by atoms with Gasteiger partial charge in [-0.2, -0.15) is 0 Å². The third kappa shape index (κ3) is 5.92. The summed E-state index contributed by atoms with van der Waals surface area (Å²) in [6.07, 6.45) is 0. The van der Waals surface area contributed by atoms with Crippen LogP contribution in [0.3, 0.4) is 0 Å². The van der Waals surface area contributed by atoms with Crippen LogP contribution in [0.2, 0.25) is 0 Å². The van der Waals surface area contributed by atoms with Crippen molar-refractivity contribution in [2.24, 2.45) is 0 Å². The molecule has 0 atom stereocenters. The highest BCUT2D eigenvalue weighted by Gasteiger charge is 2.17. The molecule has 0 aliphatic rings. The van der Waals surface area contributed by atoms with Crippen LogP contribution in [-0.2, 0) is 0 Å². The van der Waals surface area contributed by atoms with Crippen molar-refractivity contribution in [1.29, 1.82) is 0 Å². The first-order valence-electron chi connectivity index (χ1n) is 16.2. The first-order chi connectivity index (χ1) is 23.5. The number of anilines is 1. The highest BCUT2D eigenvalue weighted by atomic mass is 16.5. The molecule has 48 heavy (non-hydrogen) atoms. The average Bonchev–Trinajstić information content (AvgIpc) is 3.14. The molecule has 0 saturated carbocycles. The molecule has 0 radical (unpaired) electrons. The number of para-hydroxylation sites is 1. The van der Waals surface area contributed by atoms with Gasteiger partial charge < -0.3 is 10.5 Å². The van der Waals surface area contributed by atoms with E-state index < -0.39 is 0 Å². The van der Waals surface area contributed by atoms with Gasteiger partial charge in [-0.25, -0.2) is 0 Å². The van der Waals surface area contributed by atoms with Crippen LogP contribution < -0.4 is 10.5 Å². The quantitative estimate of drug-likeness (QED) is 0.154. The summed E-state index contributed by atoms with van der Waals surface area (Å²) in [5.74, 6) is 0.889. The lowest BCUT2D eigenvalue weighted by atomic mass is 9.85. The molecule has 8 rings (SSSR count). The number of rotatable bonds is 5. The van der Waals surface area contributed by atoms with Crippen molar-refractivity contribution in [2.45, 2.75) is 6.92 Å². The fourth-order valence-electron chi connectivity index (χ4n) is 6.62. The van der Waals surface area contributed by atoms with Crippen molar-refractivity contribution in [3.63, 3.8) is 0 Å². The van der Waals surface area contributed by atoms with E-state index >= 15 is 0 Å². The van der Waals surface area contributed by atoms with Crippen LogP contribution in [0.4, 0.5) is 5.69 Å². The maximum atomic E-state index is 5.94.